The Morgan fingerprint density at radius 1 is 1.05 bits per heavy atom. The summed E-state index contributed by atoms with van der Waals surface area (Å²) in [6.07, 6.45) is 8.01. The van der Waals surface area contributed by atoms with Crippen molar-refractivity contribution in [1.82, 2.24) is 0 Å². The van der Waals surface area contributed by atoms with Gasteiger partial charge in [0.05, 0.1) is 6.61 Å². The smallest absolute Gasteiger partial charge is 0.200 e. The predicted octanol–water partition coefficient (Wildman–Crippen LogP) is 5.83. The number of ether oxygens (including phenoxy) is 1. The molecule has 1 nitrogen and oxygen atoms in total. The first-order valence-corrected chi connectivity index (χ1v) is 8.28. The second-order valence-corrected chi connectivity index (χ2v) is 6.07. The molecule has 0 bridgehead atoms. The molecule has 118 valence electrons. The summed E-state index contributed by atoms with van der Waals surface area (Å²) in [6.45, 7) is 4.32. The van der Waals surface area contributed by atoms with Gasteiger partial charge < -0.3 is 4.74 Å². The lowest BCUT2D eigenvalue weighted by Crippen LogP contribution is -2.15. The van der Waals surface area contributed by atoms with Crippen LogP contribution in [-0.2, 0) is 0 Å². The molecule has 0 aliphatic heterocycles. The monoisotopic (exact) mass is 296 g/mol. The molecule has 0 radical (unpaired) electrons. The first kappa shape index (κ1) is 16.3. The van der Waals surface area contributed by atoms with E-state index in [0.717, 1.165) is 31.6 Å². The van der Waals surface area contributed by atoms with Gasteiger partial charge in [0.25, 0.3) is 0 Å². The molecule has 0 saturated heterocycles. The van der Waals surface area contributed by atoms with E-state index < -0.39 is 11.6 Å². The van der Waals surface area contributed by atoms with Crippen LogP contribution in [0.25, 0.3) is 0 Å². The lowest BCUT2D eigenvalue weighted by atomic mass is 9.77. The zero-order chi connectivity index (χ0) is 15.2. The van der Waals surface area contributed by atoms with E-state index in [4.69, 9.17) is 4.74 Å². The highest BCUT2D eigenvalue weighted by Gasteiger charge is 2.26. The van der Waals surface area contributed by atoms with Crippen molar-refractivity contribution in [3.8, 4) is 5.75 Å². The molecule has 1 aromatic carbocycles. The molecule has 3 heteroatoms. The van der Waals surface area contributed by atoms with Crippen LogP contribution < -0.4 is 4.74 Å². The van der Waals surface area contributed by atoms with Gasteiger partial charge in [0.15, 0.2) is 11.6 Å². The third kappa shape index (κ3) is 3.96. The Kier molecular flexibility index (Phi) is 6.01. The van der Waals surface area contributed by atoms with E-state index in [1.807, 2.05) is 0 Å². The summed E-state index contributed by atoms with van der Waals surface area (Å²) in [4.78, 5) is 0. The average Bonchev–Trinajstić information content (AvgIpc) is 2.51. The van der Waals surface area contributed by atoms with Gasteiger partial charge in [-0.05, 0) is 56.1 Å². The molecule has 0 N–H and O–H groups in total. The van der Waals surface area contributed by atoms with E-state index in [2.05, 4.69) is 6.92 Å². The van der Waals surface area contributed by atoms with Gasteiger partial charge in [0, 0.05) is 0 Å². The first-order chi connectivity index (χ1) is 10.2. The van der Waals surface area contributed by atoms with Gasteiger partial charge in [-0.2, -0.15) is 4.39 Å². The van der Waals surface area contributed by atoms with Gasteiger partial charge in [-0.1, -0.05) is 32.3 Å². The summed E-state index contributed by atoms with van der Waals surface area (Å²) in [6, 6.07) is 3.28. The number of unbranched alkanes of at least 4 members (excludes halogenated alkanes) is 1. The van der Waals surface area contributed by atoms with Crippen molar-refractivity contribution in [2.75, 3.05) is 6.61 Å². The highest BCUT2D eigenvalue weighted by Crippen LogP contribution is 2.39. The molecule has 1 fully saturated rings. The van der Waals surface area contributed by atoms with Gasteiger partial charge >= 0.3 is 0 Å². The molecule has 1 aliphatic carbocycles. The molecule has 0 amide bonds. The van der Waals surface area contributed by atoms with Crippen LogP contribution in [0, 0.1) is 17.6 Å². The van der Waals surface area contributed by atoms with Crippen molar-refractivity contribution in [2.24, 2.45) is 5.92 Å². The lowest BCUT2D eigenvalue weighted by Gasteiger charge is -2.29. The average molecular weight is 296 g/mol. The summed E-state index contributed by atoms with van der Waals surface area (Å²) in [5, 5.41) is 0. The molecule has 1 aromatic rings. The van der Waals surface area contributed by atoms with Crippen LogP contribution in [-0.4, -0.2) is 6.61 Å². The molecule has 0 spiro atoms. The van der Waals surface area contributed by atoms with E-state index in [-0.39, 0.29) is 11.7 Å². The Morgan fingerprint density at radius 2 is 1.76 bits per heavy atom. The minimum Gasteiger partial charge on any atom is -0.491 e. The molecule has 1 saturated carbocycles. The van der Waals surface area contributed by atoms with E-state index in [1.165, 1.54) is 19.3 Å². The fourth-order valence-electron chi connectivity index (χ4n) is 3.38. The minimum atomic E-state index is -0.831. The summed E-state index contributed by atoms with van der Waals surface area (Å²) in [5.74, 6) is -0.583. The molecule has 2 rings (SSSR count). The number of benzene rings is 1. The summed E-state index contributed by atoms with van der Waals surface area (Å²) < 4.78 is 33.3. The van der Waals surface area contributed by atoms with Crippen molar-refractivity contribution in [1.29, 1.82) is 0 Å². The van der Waals surface area contributed by atoms with Crippen molar-refractivity contribution in [3.05, 3.63) is 29.3 Å². The Hall–Kier alpha value is -1.12. The SMILES string of the molecule is CCCC[C@H]1CC[C@H](c2ccc(OCC)c(F)c2F)CC1. The maximum atomic E-state index is 14.2. The van der Waals surface area contributed by atoms with Gasteiger partial charge in [0.2, 0.25) is 5.82 Å². The number of rotatable bonds is 6. The largest absolute Gasteiger partial charge is 0.491 e. The van der Waals surface area contributed by atoms with Gasteiger partial charge in [0.1, 0.15) is 0 Å². The van der Waals surface area contributed by atoms with Crippen LogP contribution >= 0.6 is 0 Å². The quantitative estimate of drug-likeness (QED) is 0.642. The van der Waals surface area contributed by atoms with Crippen LogP contribution in [0.3, 0.4) is 0 Å². The third-order valence-corrected chi connectivity index (χ3v) is 4.63. The van der Waals surface area contributed by atoms with Crippen molar-refractivity contribution in [2.45, 2.75) is 64.7 Å². The number of halogens is 2. The van der Waals surface area contributed by atoms with Crippen LogP contribution in [0.1, 0.15) is 70.3 Å². The molecule has 0 heterocycles. The second-order valence-electron chi connectivity index (χ2n) is 6.07. The fraction of sp³-hybridized carbons (Fsp3) is 0.667. The Labute approximate surface area is 126 Å². The van der Waals surface area contributed by atoms with Gasteiger partial charge in [-0.25, -0.2) is 4.39 Å². The highest BCUT2D eigenvalue weighted by molar-refractivity contribution is 5.33. The van der Waals surface area contributed by atoms with Crippen molar-refractivity contribution >= 4 is 0 Å². The minimum absolute atomic E-state index is 0.0235. The van der Waals surface area contributed by atoms with Crippen LogP contribution in [0.15, 0.2) is 12.1 Å². The normalized spacial score (nSPS) is 22.3. The van der Waals surface area contributed by atoms with Gasteiger partial charge in [-0.15, -0.1) is 0 Å². The second kappa shape index (κ2) is 7.77. The topological polar surface area (TPSA) is 9.23 Å². The van der Waals surface area contributed by atoms with Crippen LogP contribution in [0.2, 0.25) is 0 Å². The van der Waals surface area contributed by atoms with E-state index in [1.54, 1.807) is 19.1 Å². The van der Waals surface area contributed by atoms with Crippen LogP contribution in [0.4, 0.5) is 8.78 Å². The highest BCUT2D eigenvalue weighted by atomic mass is 19.2. The number of hydrogen-bond donors (Lipinski definition) is 0. The summed E-state index contributed by atoms with van der Waals surface area (Å²) in [7, 11) is 0. The molecule has 21 heavy (non-hydrogen) atoms. The van der Waals surface area contributed by atoms with Gasteiger partial charge in [-0.3, -0.25) is 0 Å². The zero-order valence-electron chi connectivity index (χ0n) is 13.1. The molecular formula is C18H26F2O. The standard InChI is InChI=1S/C18H26F2O/c1-3-5-6-13-7-9-14(10-8-13)15-11-12-16(21-4-2)18(20)17(15)19/h11-14H,3-10H2,1-2H3/t13-,14-. The summed E-state index contributed by atoms with van der Waals surface area (Å²) >= 11 is 0. The Morgan fingerprint density at radius 3 is 2.38 bits per heavy atom. The lowest BCUT2D eigenvalue weighted by molar-refractivity contribution is 0.293. The maximum absolute atomic E-state index is 14.2. The molecule has 0 aromatic heterocycles. The molecular weight excluding hydrogens is 270 g/mol. The van der Waals surface area contributed by atoms with E-state index >= 15 is 0 Å². The predicted molar refractivity (Wildman–Crippen MR) is 81.8 cm³/mol. The zero-order valence-corrected chi connectivity index (χ0v) is 13.1. The summed E-state index contributed by atoms with van der Waals surface area (Å²) in [5.41, 5.74) is 0.532. The first-order valence-electron chi connectivity index (χ1n) is 8.28. The van der Waals surface area contributed by atoms with E-state index in [0.29, 0.717) is 12.2 Å². The molecule has 0 atom stereocenters. The fourth-order valence-corrected chi connectivity index (χ4v) is 3.38. The molecule has 0 unspecified atom stereocenters. The number of hydrogen-bond acceptors (Lipinski definition) is 1. The Balaban J connectivity index is 2.02. The van der Waals surface area contributed by atoms with Crippen molar-refractivity contribution < 1.29 is 13.5 Å². The Bertz CT molecular complexity index is 451. The van der Waals surface area contributed by atoms with Crippen molar-refractivity contribution in [3.63, 3.8) is 0 Å². The third-order valence-electron chi connectivity index (χ3n) is 4.63. The van der Waals surface area contributed by atoms with E-state index in [9.17, 15) is 8.78 Å². The maximum Gasteiger partial charge on any atom is 0.200 e. The molecule has 1 aliphatic rings. The van der Waals surface area contributed by atoms with Crippen LogP contribution in [0.5, 0.6) is 5.75 Å².